The Morgan fingerprint density at radius 3 is 2.36 bits per heavy atom. The lowest BCUT2D eigenvalue weighted by Crippen LogP contribution is -2.09. The van der Waals surface area contributed by atoms with Gasteiger partial charge >= 0.3 is 0 Å². The molecule has 5 heteroatoms. The van der Waals surface area contributed by atoms with Gasteiger partial charge in [-0.25, -0.2) is 4.68 Å². The molecule has 0 bridgehead atoms. The number of benzene rings is 2. The molecule has 0 radical (unpaired) electrons. The smallest absolute Gasteiger partial charge is 0.132 e. The van der Waals surface area contributed by atoms with Gasteiger partial charge in [0.1, 0.15) is 24.7 Å². The van der Waals surface area contributed by atoms with E-state index in [0.717, 1.165) is 28.3 Å². The molecule has 0 unspecified atom stereocenters. The Hall–Kier alpha value is -2.82. The molecule has 22 heavy (non-hydrogen) atoms. The van der Waals surface area contributed by atoms with Gasteiger partial charge in [-0.15, -0.1) is 5.10 Å². The quantitative estimate of drug-likeness (QED) is 0.639. The Kier molecular flexibility index (Phi) is 3.23. The molecule has 0 saturated carbocycles. The fourth-order valence-corrected chi connectivity index (χ4v) is 2.53. The minimum absolute atomic E-state index is 0.437. The maximum Gasteiger partial charge on any atom is 0.132 e. The minimum Gasteiger partial charge on any atom is -0.488 e. The van der Waals surface area contributed by atoms with Gasteiger partial charge < -0.3 is 9.47 Å². The summed E-state index contributed by atoms with van der Waals surface area (Å²) in [4.78, 5) is 0. The maximum absolute atomic E-state index is 6.00. The van der Waals surface area contributed by atoms with Crippen LogP contribution in [0.15, 0.2) is 54.7 Å². The van der Waals surface area contributed by atoms with Crippen LogP contribution in [0.2, 0.25) is 0 Å². The molecule has 0 amide bonds. The predicted molar refractivity (Wildman–Crippen MR) is 80.7 cm³/mol. The molecule has 2 heterocycles. The van der Waals surface area contributed by atoms with Gasteiger partial charge in [0.05, 0.1) is 18.4 Å². The summed E-state index contributed by atoms with van der Waals surface area (Å²) in [5.41, 5.74) is 3.04. The van der Waals surface area contributed by atoms with Crippen LogP contribution in [0.25, 0.3) is 0 Å². The van der Waals surface area contributed by atoms with Crippen molar-refractivity contribution in [1.29, 1.82) is 0 Å². The summed E-state index contributed by atoms with van der Waals surface area (Å²) in [6, 6.07) is 15.9. The largest absolute Gasteiger partial charge is 0.488 e. The summed E-state index contributed by atoms with van der Waals surface area (Å²) < 4.78 is 13.8. The Bertz CT molecular complexity index is 798. The highest BCUT2D eigenvalue weighted by Gasteiger charge is 2.13. The second-order valence-corrected chi connectivity index (χ2v) is 5.18. The van der Waals surface area contributed by atoms with Gasteiger partial charge in [0.2, 0.25) is 0 Å². The van der Waals surface area contributed by atoms with Crippen molar-refractivity contribution in [2.75, 3.05) is 0 Å². The zero-order valence-corrected chi connectivity index (χ0v) is 12.0. The first-order chi connectivity index (χ1) is 10.9. The van der Waals surface area contributed by atoms with E-state index in [-0.39, 0.29) is 0 Å². The number of nitrogens with zero attached hydrogens (tertiary/aromatic N) is 3. The van der Waals surface area contributed by atoms with Crippen molar-refractivity contribution in [3.63, 3.8) is 0 Å². The molecule has 1 aliphatic rings. The van der Waals surface area contributed by atoms with Crippen LogP contribution < -0.4 is 9.47 Å². The van der Waals surface area contributed by atoms with E-state index < -0.39 is 0 Å². The van der Waals surface area contributed by atoms with Gasteiger partial charge in [-0.2, -0.15) is 0 Å². The van der Waals surface area contributed by atoms with Gasteiger partial charge in [0.25, 0.3) is 0 Å². The number of hydrogen-bond acceptors (Lipinski definition) is 4. The summed E-state index contributed by atoms with van der Waals surface area (Å²) in [6.45, 7) is 1.53. The molecular formula is C17H15N3O2. The lowest BCUT2D eigenvalue weighted by Gasteiger charge is -2.12. The first-order valence-electron chi connectivity index (χ1n) is 7.19. The van der Waals surface area contributed by atoms with Gasteiger partial charge in [-0.05, 0) is 12.1 Å². The molecule has 0 atom stereocenters. The van der Waals surface area contributed by atoms with Crippen molar-refractivity contribution in [3.05, 3.63) is 71.5 Å². The third kappa shape index (κ3) is 2.41. The van der Waals surface area contributed by atoms with Gasteiger partial charge in [-0.1, -0.05) is 41.6 Å². The Balaban J connectivity index is 1.79. The van der Waals surface area contributed by atoms with E-state index in [1.807, 2.05) is 53.2 Å². The Morgan fingerprint density at radius 1 is 0.818 bits per heavy atom. The van der Waals surface area contributed by atoms with E-state index >= 15 is 0 Å². The molecule has 4 rings (SSSR count). The van der Waals surface area contributed by atoms with Crippen LogP contribution in [-0.4, -0.2) is 15.0 Å². The van der Waals surface area contributed by atoms with Crippen LogP contribution in [0.4, 0.5) is 0 Å². The van der Waals surface area contributed by atoms with Crippen molar-refractivity contribution in [3.8, 4) is 11.5 Å². The third-order valence-electron chi connectivity index (χ3n) is 3.72. The van der Waals surface area contributed by atoms with Crippen molar-refractivity contribution in [1.82, 2.24) is 15.0 Å². The summed E-state index contributed by atoms with van der Waals surface area (Å²) in [5, 5.41) is 8.14. The van der Waals surface area contributed by atoms with E-state index in [9.17, 15) is 0 Å². The van der Waals surface area contributed by atoms with E-state index in [1.54, 1.807) is 6.20 Å². The van der Waals surface area contributed by atoms with Crippen molar-refractivity contribution in [2.45, 2.75) is 19.8 Å². The maximum atomic E-state index is 6.00. The Morgan fingerprint density at radius 2 is 1.50 bits per heavy atom. The summed E-state index contributed by atoms with van der Waals surface area (Å²) in [6.07, 6.45) is 1.74. The first kappa shape index (κ1) is 12.9. The highest BCUT2D eigenvalue weighted by Crippen LogP contribution is 2.25. The topological polar surface area (TPSA) is 49.2 Å². The molecule has 0 fully saturated rings. The molecule has 5 nitrogen and oxygen atoms in total. The fourth-order valence-electron chi connectivity index (χ4n) is 2.53. The zero-order chi connectivity index (χ0) is 14.8. The van der Waals surface area contributed by atoms with Gasteiger partial charge in [0.15, 0.2) is 0 Å². The van der Waals surface area contributed by atoms with E-state index in [0.29, 0.717) is 19.8 Å². The normalized spacial score (nSPS) is 13.6. The van der Waals surface area contributed by atoms with Crippen LogP contribution in [0.3, 0.4) is 0 Å². The second kappa shape index (κ2) is 5.52. The number of para-hydroxylation sites is 2. The third-order valence-corrected chi connectivity index (χ3v) is 3.72. The minimum atomic E-state index is 0.437. The SMILES string of the molecule is c1ccc2c(c1)COc1ccccc1Cn1nncc1CO2. The number of rotatable bonds is 0. The lowest BCUT2D eigenvalue weighted by molar-refractivity contribution is 0.271. The first-order valence-corrected chi connectivity index (χ1v) is 7.19. The van der Waals surface area contributed by atoms with Crippen molar-refractivity contribution < 1.29 is 9.47 Å². The molecule has 3 aromatic rings. The van der Waals surface area contributed by atoms with Crippen LogP contribution in [-0.2, 0) is 19.8 Å². The molecule has 1 aromatic heterocycles. The summed E-state index contributed by atoms with van der Waals surface area (Å²) in [5.74, 6) is 1.69. The average Bonchev–Trinajstić information content (AvgIpc) is 2.99. The molecule has 1 aliphatic heterocycles. The highest BCUT2D eigenvalue weighted by atomic mass is 16.5. The molecule has 2 aromatic carbocycles. The van der Waals surface area contributed by atoms with Crippen LogP contribution in [0.1, 0.15) is 16.8 Å². The van der Waals surface area contributed by atoms with Gasteiger partial charge in [-0.3, -0.25) is 0 Å². The fraction of sp³-hybridized carbons (Fsp3) is 0.176. The van der Waals surface area contributed by atoms with Crippen molar-refractivity contribution in [2.24, 2.45) is 0 Å². The van der Waals surface area contributed by atoms with E-state index in [2.05, 4.69) is 10.3 Å². The molecular weight excluding hydrogens is 278 g/mol. The number of fused-ring (bicyclic) bond motifs is 3. The van der Waals surface area contributed by atoms with Crippen LogP contribution >= 0.6 is 0 Å². The summed E-state index contributed by atoms with van der Waals surface area (Å²) in [7, 11) is 0. The average molecular weight is 293 g/mol. The number of hydrogen-bond donors (Lipinski definition) is 0. The zero-order valence-electron chi connectivity index (χ0n) is 12.0. The van der Waals surface area contributed by atoms with E-state index in [4.69, 9.17) is 9.47 Å². The Labute approximate surface area is 128 Å². The molecule has 0 aliphatic carbocycles. The number of ether oxygens (including phenoxy) is 2. The van der Waals surface area contributed by atoms with Crippen LogP contribution in [0.5, 0.6) is 11.5 Å². The van der Waals surface area contributed by atoms with Crippen molar-refractivity contribution >= 4 is 0 Å². The van der Waals surface area contributed by atoms with Gasteiger partial charge in [0, 0.05) is 11.1 Å². The molecule has 110 valence electrons. The molecule has 0 N–H and O–H groups in total. The lowest BCUT2D eigenvalue weighted by atomic mass is 10.2. The monoisotopic (exact) mass is 293 g/mol. The second-order valence-electron chi connectivity index (χ2n) is 5.18. The van der Waals surface area contributed by atoms with Crippen LogP contribution in [0, 0.1) is 0 Å². The van der Waals surface area contributed by atoms with E-state index in [1.165, 1.54) is 0 Å². The number of aromatic nitrogens is 3. The summed E-state index contributed by atoms with van der Waals surface area (Å²) >= 11 is 0. The predicted octanol–water partition coefficient (Wildman–Crippen LogP) is 2.80. The standard InChI is InChI=1S/C17H15N3O2/c1-3-7-16-13(5-1)10-20-15(9-18-19-20)12-22-17-8-4-2-6-14(17)11-21-16/h1-9H,10-12H2. The highest BCUT2D eigenvalue weighted by molar-refractivity contribution is 5.36. The molecule has 0 spiro atoms. The molecule has 0 saturated heterocycles.